The van der Waals surface area contributed by atoms with Gasteiger partial charge < -0.3 is 13.7 Å². The Kier molecular flexibility index (Phi) is 4.17. The maximum Gasteiger partial charge on any atom is 0.137 e. The summed E-state index contributed by atoms with van der Waals surface area (Å²) in [5, 5.41) is 4.75. The number of allylic oxidation sites excluding steroid dienone is 2. The number of hydrogen-bond donors (Lipinski definition) is 0. The van der Waals surface area contributed by atoms with Gasteiger partial charge in [-0.15, -0.1) is 0 Å². The molecule has 3 heteroatoms. The lowest BCUT2D eigenvalue weighted by Crippen LogP contribution is -2.21. The second kappa shape index (κ2) is 7.75. The molecule has 3 heterocycles. The fourth-order valence-electron chi connectivity index (χ4n) is 6.69. The number of aromatic nitrogens is 1. The van der Waals surface area contributed by atoms with E-state index in [1.54, 1.807) is 0 Å². The van der Waals surface area contributed by atoms with Crippen molar-refractivity contribution in [2.75, 3.05) is 0 Å². The minimum atomic E-state index is -0.0256. The molecule has 2 atom stereocenters. The number of rotatable bonds is 2. The quantitative estimate of drug-likeness (QED) is 0.236. The van der Waals surface area contributed by atoms with Crippen LogP contribution >= 0.6 is 0 Å². The van der Waals surface area contributed by atoms with Crippen molar-refractivity contribution in [2.45, 2.75) is 12.0 Å². The lowest BCUT2D eigenvalue weighted by molar-refractivity contribution is 0.278. The van der Waals surface area contributed by atoms with Gasteiger partial charge in [-0.05, 0) is 48.0 Å². The lowest BCUT2D eigenvalue weighted by Gasteiger charge is -2.23. The monoisotopic (exact) mass is 501 g/mol. The second-order valence-corrected chi connectivity index (χ2v) is 10.4. The van der Waals surface area contributed by atoms with Crippen molar-refractivity contribution in [3.8, 4) is 11.4 Å². The van der Waals surface area contributed by atoms with Crippen LogP contribution in [0.15, 0.2) is 132 Å². The highest BCUT2D eigenvalue weighted by Gasteiger charge is 2.36. The van der Waals surface area contributed by atoms with Crippen molar-refractivity contribution in [2.24, 2.45) is 0 Å². The molecule has 1 aliphatic carbocycles. The molecular weight excluding hydrogens is 478 g/mol. The van der Waals surface area contributed by atoms with Crippen molar-refractivity contribution in [3.63, 3.8) is 0 Å². The van der Waals surface area contributed by atoms with Crippen LogP contribution in [0.2, 0.25) is 0 Å². The minimum absolute atomic E-state index is 0.0256. The van der Waals surface area contributed by atoms with Gasteiger partial charge in [-0.3, -0.25) is 0 Å². The average molecular weight is 502 g/mol. The van der Waals surface area contributed by atoms with E-state index >= 15 is 0 Å². The Morgan fingerprint density at radius 3 is 2.26 bits per heavy atom. The van der Waals surface area contributed by atoms with Crippen molar-refractivity contribution < 1.29 is 9.15 Å². The number of nitrogens with zero attached hydrogens (tertiary/aromatic N) is 1. The predicted molar refractivity (Wildman–Crippen MR) is 159 cm³/mol. The Balaban J connectivity index is 1.23. The average Bonchev–Trinajstić information content (AvgIpc) is 3.66. The highest BCUT2D eigenvalue weighted by Crippen LogP contribution is 2.46. The third-order valence-electron chi connectivity index (χ3n) is 8.39. The summed E-state index contributed by atoms with van der Waals surface area (Å²) < 4.78 is 15.3. The summed E-state index contributed by atoms with van der Waals surface area (Å²) in [6, 6.07) is 38.6. The summed E-state index contributed by atoms with van der Waals surface area (Å²) in [4.78, 5) is 0. The molecule has 0 fully saturated rings. The molecule has 3 nitrogen and oxygen atoms in total. The third-order valence-corrected chi connectivity index (χ3v) is 8.39. The third kappa shape index (κ3) is 2.87. The fraction of sp³-hybridized carbons (Fsp3) is 0.0556. The molecule has 1 aliphatic heterocycles. The van der Waals surface area contributed by atoms with E-state index in [0.29, 0.717) is 0 Å². The summed E-state index contributed by atoms with van der Waals surface area (Å²) in [7, 11) is 0. The van der Waals surface area contributed by atoms with Crippen molar-refractivity contribution in [1.82, 2.24) is 4.57 Å². The van der Waals surface area contributed by atoms with Gasteiger partial charge in [0.1, 0.15) is 23.0 Å². The predicted octanol–water partition coefficient (Wildman–Crippen LogP) is 9.18. The van der Waals surface area contributed by atoms with Gasteiger partial charge in [0.2, 0.25) is 0 Å². The zero-order valence-electron chi connectivity index (χ0n) is 21.0. The van der Waals surface area contributed by atoms with Crippen LogP contribution in [0.25, 0.3) is 55.0 Å². The van der Waals surface area contributed by atoms with Gasteiger partial charge in [-0.25, -0.2) is 0 Å². The van der Waals surface area contributed by atoms with Gasteiger partial charge in [-0.1, -0.05) is 85.0 Å². The Labute approximate surface area is 224 Å². The number of benzene rings is 5. The molecule has 7 aromatic rings. The van der Waals surface area contributed by atoms with Gasteiger partial charge in [-0.2, -0.15) is 0 Å². The summed E-state index contributed by atoms with van der Waals surface area (Å²) in [5.41, 5.74) is 8.87. The van der Waals surface area contributed by atoms with Crippen LogP contribution in [0.4, 0.5) is 0 Å². The number of para-hydroxylation sites is 3. The van der Waals surface area contributed by atoms with E-state index in [4.69, 9.17) is 9.15 Å². The van der Waals surface area contributed by atoms with E-state index in [0.717, 1.165) is 38.9 Å². The summed E-state index contributed by atoms with van der Waals surface area (Å²) >= 11 is 0. The number of hydrogen-bond acceptors (Lipinski definition) is 2. The zero-order chi connectivity index (χ0) is 25.5. The van der Waals surface area contributed by atoms with E-state index in [1.165, 1.54) is 32.9 Å². The van der Waals surface area contributed by atoms with Crippen molar-refractivity contribution >= 4 is 49.3 Å². The molecule has 0 saturated carbocycles. The van der Waals surface area contributed by atoms with Gasteiger partial charge in [0.15, 0.2) is 0 Å². The molecule has 184 valence electrons. The van der Waals surface area contributed by atoms with Crippen molar-refractivity contribution in [1.29, 1.82) is 0 Å². The highest BCUT2D eigenvalue weighted by atomic mass is 16.5. The minimum Gasteiger partial charge on any atom is -0.484 e. The summed E-state index contributed by atoms with van der Waals surface area (Å²) in [6.45, 7) is 0. The van der Waals surface area contributed by atoms with Crippen LogP contribution in [0.1, 0.15) is 17.0 Å². The highest BCUT2D eigenvalue weighted by molar-refractivity contribution is 6.14. The maximum atomic E-state index is 6.52. The molecule has 2 aromatic heterocycles. The van der Waals surface area contributed by atoms with E-state index < -0.39 is 0 Å². The Hall–Kier alpha value is -5.02. The SMILES string of the molecule is C1=CC2c3ccccc3OC2C(c2ccc3c(c2)oc2cccc(-n4c5ccccc5c5ccccc54)c23)=C1. The second-order valence-electron chi connectivity index (χ2n) is 10.4. The Bertz CT molecular complexity index is 2120. The van der Waals surface area contributed by atoms with Crippen LogP contribution in [-0.2, 0) is 0 Å². The first kappa shape index (κ1) is 21.0. The van der Waals surface area contributed by atoms with Gasteiger partial charge in [0.25, 0.3) is 0 Å². The van der Waals surface area contributed by atoms with E-state index in [2.05, 4.69) is 126 Å². The number of fused-ring (bicyclic) bond motifs is 9. The normalized spacial score (nSPS) is 18.0. The first-order valence-electron chi connectivity index (χ1n) is 13.4. The van der Waals surface area contributed by atoms with Crippen LogP contribution in [0, 0.1) is 0 Å². The topological polar surface area (TPSA) is 27.3 Å². The van der Waals surface area contributed by atoms with Crippen LogP contribution < -0.4 is 4.74 Å². The largest absolute Gasteiger partial charge is 0.484 e. The van der Waals surface area contributed by atoms with E-state index in [1.807, 2.05) is 6.07 Å². The Morgan fingerprint density at radius 1 is 0.641 bits per heavy atom. The molecule has 0 radical (unpaired) electrons. The molecule has 0 amide bonds. The molecule has 5 aromatic carbocycles. The van der Waals surface area contributed by atoms with E-state index in [9.17, 15) is 0 Å². The molecule has 39 heavy (non-hydrogen) atoms. The van der Waals surface area contributed by atoms with E-state index in [-0.39, 0.29) is 12.0 Å². The number of ether oxygens (including phenoxy) is 1. The van der Waals surface area contributed by atoms with Crippen LogP contribution in [-0.4, -0.2) is 10.7 Å². The summed E-state index contributed by atoms with van der Waals surface area (Å²) in [6.07, 6.45) is 6.56. The van der Waals surface area contributed by atoms with Gasteiger partial charge in [0.05, 0.1) is 22.1 Å². The zero-order valence-corrected chi connectivity index (χ0v) is 21.0. The first-order chi connectivity index (χ1) is 19.3. The first-order valence-corrected chi connectivity index (χ1v) is 13.4. The number of furan rings is 1. The standard InChI is InChI=1S/C36H23NO2/c1-4-14-29-24(9-1)25-10-2-5-15-30(25)37(29)31-16-8-18-33-35(31)28-20-19-22(21-34(28)38-33)23-12-7-13-27-26-11-3-6-17-32(26)39-36(23)27/h1-21,27,36H. The van der Waals surface area contributed by atoms with Crippen LogP contribution in [0.5, 0.6) is 5.75 Å². The molecule has 0 saturated heterocycles. The maximum absolute atomic E-state index is 6.52. The molecule has 0 bridgehead atoms. The van der Waals surface area contributed by atoms with Crippen molar-refractivity contribution in [3.05, 3.63) is 139 Å². The van der Waals surface area contributed by atoms with Crippen LogP contribution in [0.3, 0.4) is 0 Å². The molecule has 0 N–H and O–H groups in total. The smallest absolute Gasteiger partial charge is 0.137 e. The molecule has 0 spiro atoms. The molecular formula is C36H23NO2. The molecule has 2 aliphatic rings. The van der Waals surface area contributed by atoms with Gasteiger partial charge in [0, 0.05) is 33.2 Å². The lowest BCUT2D eigenvalue weighted by atomic mass is 9.84. The summed E-state index contributed by atoms with van der Waals surface area (Å²) in [5.74, 6) is 1.21. The fourth-order valence-corrected chi connectivity index (χ4v) is 6.69. The molecule has 2 unspecified atom stereocenters. The molecule has 9 rings (SSSR count). The van der Waals surface area contributed by atoms with Gasteiger partial charge >= 0.3 is 0 Å². The Morgan fingerprint density at radius 2 is 1.41 bits per heavy atom.